The van der Waals surface area contributed by atoms with Gasteiger partial charge in [-0.1, -0.05) is 32.4 Å². The molecule has 0 aliphatic heterocycles. The predicted octanol–water partition coefficient (Wildman–Crippen LogP) is 3.63. The fourth-order valence-electron chi connectivity index (χ4n) is 1.13. The average molecular weight is 226 g/mol. The monoisotopic (exact) mass is 225 g/mol. The molecule has 0 saturated heterocycles. The first-order chi connectivity index (χ1) is 6.79. The second-order valence-electron chi connectivity index (χ2n) is 4.72. The highest BCUT2D eigenvalue weighted by Gasteiger charge is 2.21. The van der Waals surface area contributed by atoms with Gasteiger partial charge in [-0.3, -0.25) is 4.79 Å². The lowest BCUT2D eigenvalue weighted by atomic mass is 9.95. The van der Waals surface area contributed by atoms with Crippen molar-refractivity contribution in [3.8, 4) is 0 Å². The molecule has 0 fully saturated rings. The Morgan fingerprint density at radius 1 is 1.27 bits per heavy atom. The van der Waals surface area contributed by atoms with Gasteiger partial charge in [0, 0.05) is 16.1 Å². The lowest BCUT2D eigenvalue weighted by Gasteiger charge is -2.18. The fourth-order valence-corrected chi connectivity index (χ4v) is 1.42. The molecule has 0 atom stereocenters. The van der Waals surface area contributed by atoms with Crippen LogP contribution in [-0.4, -0.2) is 5.91 Å². The lowest BCUT2D eigenvalue weighted by Crippen LogP contribution is -2.27. The summed E-state index contributed by atoms with van der Waals surface area (Å²) in [6, 6.07) is 5.50. The number of rotatable bonds is 1. The van der Waals surface area contributed by atoms with E-state index in [0.717, 1.165) is 11.3 Å². The SMILES string of the molecule is Cc1cc(Cl)cc(NC(=O)C(C)(C)C)c1. The largest absolute Gasteiger partial charge is 0.326 e. The van der Waals surface area contributed by atoms with Crippen molar-refractivity contribution in [2.45, 2.75) is 27.7 Å². The molecule has 0 unspecified atom stereocenters. The van der Waals surface area contributed by atoms with Crippen molar-refractivity contribution >= 4 is 23.2 Å². The molecule has 3 heteroatoms. The van der Waals surface area contributed by atoms with Crippen LogP contribution >= 0.6 is 11.6 Å². The molecule has 1 rings (SSSR count). The van der Waals surface area contributed by atoms with Crippen molar-refractivity contribution in [3.05, 3.63) is 28.8 Å². The van der Waals surface area contributed by atoms with Crippen molar-refractivity contribution in [3.63, 3.8) is 0 Å². The van der Waals surface area contributed by atoms with Gasteiger partial charge in [0.25, 0.3) is 0 Å². The van der Waals surface area contributed by atoms with Gasteiger partial charge in [0.15, 0.2) is 0 Å². The molecule has 1 aromatic carbocycles. The van der Waals surface area contributed by atoms with Crippen LogP contribution < -0.4 is 5.32 Å². The third-order valence-corrected chi connectivity index (χ3v) is 2.20. The Hall–Kier alpha value is -1.02. The number of halogens is 1. The van der Waals surface area contributed by atoms with Crippen molar-refractivity contribution in [2.24, 2.45) is 5.41 Å². The van der Waals surface area contributed by atoms with E-state index in [1.165, 1.54) is 0 Å². The molecule has 0 aromatic heterocycles. The van der Waals surface area contributed by atoms with Crippen molar-refractivity contribution in [2.75, 3.05) is 5.32 Å². The minimum atomic E-state index is -0.393. The van der Waals surface area contributed by atoms with E-state index < -0.39 is 5.41 Å². The summed E-state index contributed by atoms with van der Waals surface area (Å²) in [7, 11) is 0. The van der Waals surface area contributed by atoms with Gasteiger partial charge in [0.1, 0.15) is 0 Å². The Bertz CT molecular complexity index is 359. The number of anilines is 1. The Balaban J connectivity index is 2.86. The van der Waals surface area contributed by atoms with Gasteiger partial charge in [0.2, 0.25) is 5.91 Å². The summed E-state index contributed by atoms with van der Waals surface area (Å²) < 4.78 is 0. The number of nitrogens with one attached hydrogen (secondary N) is 1. The molecule has 0 spiro atoms. The molecule has 0 aliphatic carbocycles. The smallest absolute Gasteiger partial charge is 0.229 e. The van der Waals surface area contributed by atoms with E-state index in [-0.39, 0.29) is 5.91 Å². The van der Waals surface area contributed by atoms with Crippen molar-refractivity contribution < 1.29 is 4.79 Å². The molecule has 1 N–H and O–H groups in total. The van der Waals surface area contributed by atoms with Crippen LogP contribution in [0.2, 0.25) is 5.02 Å². The van der Waals surface area contributed by atoms with E-state index in [1.807, 2.05) is 39.8 Å². The highest BCUT2D eigenvalue weighted by molar-refractivity contribution is 6.31. The van der Waals surface area contributed by atoms with Gasteiger partial charge in [0.05, 0.1) is 0 Å². The van der Waals surface area contributed by atoms with E-state index in [1.54, 1.807) is 6.07 Å². The van der Waals surface area contributed by atoms with Gasteiger partial charge < -0.3 is 5.32 Å². The van der Waals surface area contributed by atoms with Crippen LogP contribution in [0.4, 0.5) is 5.69 Å². The Morgan fingerprint density at radius 3 is 2.33 bits per heavy atom. The minimum absolute atomic E-state index is 0.0100. The summed E-state index contributed by atoms with van der Waals surface area (Å²) >= 11 is 5.90. The molecule has 2 nitrogen and oxygen atoms in total. The number of amides is 1. The first-order valence-corrected chi connectivity index (χ1v) is 5.25. The first kappa shape index (κ1) is 12.1. The Morgan fingerprint density at radius 2 is 1.87 bits per heavy atom. The number of carbonyl (C=O) groups excluding carboxylic acids is 1. The van der Waals surface area contributed by atoms with Crippen LogP contribution in [0.1, 0.15) is 26.3 Å². The third kappa shape index (κ3) is 3.56. The summed E-state index contributed by atoms with van der Waals surface area (Å²) in [6.45, 7) is 7.57. The zero-order valence-corrected chi connectivity index (χ0v) is 10.3. The normalized spacial score (nSPS) is 11.3. The Kier molecular flexibility index (Phi) is 3.40. The molecule has 0 saturated carbocycles. The standard InChI is InChI=1S/C12H16ClNO/c1-8-5-9(13)7-10(6-8)14-11(15)12(2,3)4/h5-7H,1-4H3,(H,14,15). The number of carbonyl (C=O) groups is 1. The van der Waals surface area contributed by atoms with Gasteiger partial charge in [-0.05, 0) is 30.7 Å². The van der Waals surface area contributed by atoms with Crippen molar-refractivity contribution in [1.82, 2.24) is 0 Å². The maximum atomic E-state index is 11.7. The summed E-state index contributed by atoms with van der Waals surface area (Å²) in [4.78, 5) is 11.7. The van der Waals surface area contributed by atoms with Gasteiger partial charge in [-0.15, -0.1) is 0 Å². The average Bonchev–Trinajstić information content (AvgIpc) is 1.99. The molecule has 1 amide bonds. The molecular weight excluding hydrogens is 210 g/mol. The zero-order valence-electron chi connectivity index (χ0n) is 9.52. The fraction of sp³-hybridized carbons (Fsp3) is 0.417. The predicted molar refractivity (Wildman–Crippen MR) is 64.3 cm³/mol. The molecule has 0 heterocycles. The second-order valence-corrected chi connectivity index (χ2v) is 5.16. The maximum absolute atomic E-state index is 11.7. The van der Waals surface area contributed by atoms with Crippen molar-refractivity contribution in [1.29, 1.82) is 0 Å². The zero-order chi connectivity index (χ0) is 11.6. The lowest BCUT2D eigenvalue weighted by molar-refractivity contribution is -0.123. The van der Waals surface area contributed by atoms with Crippen LogP contribution in [0.25, 0.3) is 0 Å². The van der Waals surface area contributed by atoms with Gasteiger partial charge >= 0.3 is 0 Å². The summed E-state index contributed by atoms with van der Waals surface area (Å²) in [6.07, 6.45) is 0. The third-order valence-electron chi connectivity index (χ3n) is 1.98. The molecule has 0 aliphatic rings. The van der Waals surface area contributed by atoms with Crippen LogP contribution in [0, 0.1) is 12.3 Å². The van der Waals surface area contributed by atoms with Crippen LogP contribution in [0.15, 0.2) is 18.2 Å². The van der Waals surface area contributed by atoms with Crippen LogP contribution in [-0.2, 0) is 4.79 Å². The number of hydrogen-bond donors (Lipinski definition) is 1. The van der Waals surface area contributed by atoms with Crippen LogP contribution in [0.5, 0.6) is 0 Å². The summed E-state index contributed by atoms with van der Waals surface area (Å²) in [5.74, 6) is -0.0100. The molecule has 1 aromatic rings. The van der Waals surface area contributed by atoms with Crippen LogP contribution in [0.3, 0.4) is 0 Å². The first-order valence-electron chi connectivity index (χ1n) is 4.88. The maximum Gasteiger partial charge on any atom is 0.229 e. The van der Waals surface area contributed by atoms with E-state index in [0.29, 0.717) is 5.02 Å². The van der Waals surface area contributed by atoms with E-state index in [2.05, 4.69) is 5.32 Å². The highest BCUT2D eigenvalue weighted by atomic mass is 35.5. The number of benzene rings is 1. The number of aryl methyl sites for hydroxylation is 1. The highest BCUT2D eigenvalue weighted by Crippen LogP contribution is 2.21. The van der Waals surface area contributed by atoms with Gasteiger partial charge in [-0.25, -0.2) is 0 Å². The summed E-state index contributed by atoms with van der Waals surface area (Å²) in [5, 5.41) is 3.48. The second kappa shape index (κ2) is 4.23. The molecule has 15 heavy (non-hydrogen) atoms. The summed E-state index contributed by atoms with van der Waals surface area (Å²) in [5.41, 5.74) is 1.39. The molecule has 0 radical (unpaired) electrons. The molecular formula is C12H16ClNO. The molecule has 0 bridgehead atoms. The van der Waals surface area contributed by atoms with E-state index >= 15 is 0 Å². The molecule has 82 valence electrons. The van der Waals surface area contributed by atoms with Gasteiger partial charge in [-0.2, -0.15) is 0 Å². The quantitative estimate of drug-likeness (QED) is 0.777. The Labute approximate surface area is 95.6 Å². The number of hydrogen-bond acceptors (Lipinski definition) is 1. The topological polar surface area (TPSA) is 29.1 Å². The minimum Gasteiger partial charge on any atom is -0.326 e. The van der Waals surface area contributed by atoms with E-state index in [9.17, 15) is 4.79 Å². The van der Waals surface area contributed by atoms with E-state index in [4.69, 9.17) is 11.6 Å².